The zero-order valence-corrected chi connectivity index (χ0v) is 24.0. The van der Waals surface area contributed by atoms with Crippen LogP contribution in [0.2, 0.25) is 0 Å². The fraction of sp³-hybridized carbons (Fsp3) is 0.290. The first-order valence-electron chi connectivity index (χ1n) is 13.6. The Morgan fingerprint density at radius 2 is 1.67 bits per heavy atom. The molecule has 1 saturated heterocycles. The number of alkyl halides is 3. The topological polar surface area (TPSA) is 92.1 Å². The van der Waals surface area contributed by atoms with E-state index in [2.05, 4.69) is 26.9 Å². The number of aromatic nitrogens is 3. The second-order valence-electron chi connectivity index (χ2n) is 10.3. The molecule has 2 aromatic heterocycles. The normalized spacial score (nSPS) is 14.9. The molecule has 0 unspecified atom stereocenters. The van der Waals surface area contributed by atoms with Crippen molar-refractivity contribution in [2.24, 2.45) is 0 Å². The van der Waals surface area contributed by atoms with Crippen LogP contribution in [-0.4, -0.2) is 69.5 Å². The number of nitrogens with one attached hydrogen (secondary N) is 1. The van der Waals surface area contributed by atoms with E-state index in [9.17, 15) is 22.8 Å². The summed E-state index contributed by atoms with van der Waals surface area (Å²) in [5.74, 6) is -0.146. The molecule has 1 aliphatic heterocycles. The van der Waals surface area contributed by atoms with Crippen molar-refractivity contribution in [2.45, 2.75) is 26.1 Å². The summed E-state index contributed by atoms with van der Waals surface area (Å²) >= 11 is 0. The number of hydrogen-bond acceptors (Lipinski definition) is 6. The van der Waals surface area contributed by atoms with Gasteiger partial charge in [-0.1, -0.05) is 36.9 Å². The highest BCUT2D eigenvalue weighted by atomic mass is 19.4. The van der Waals surface area contributed by atoms with Crippen molar-refractivity contribution in [1.29, 1.82) is 0 Å². The lowest BCUT2D eigenvalue weighted by Crippen LogP contribution is -2.50. The third kappa shape index (κ3) is 5.96. The standard InChI is InChI=1S/C31H31F3N6O3/c1-19-26(22-10-12-24(43-4)13-11-22)37-29-25(18-35-40(29)28(19)31(32,33)34)30(42)39-16-14-38(15-17-39)27(20(2)36-21(3)41)23-8-6-5-7-9-23/h5-13,18,27H,2,14-17H2,1,3-4H3,(H,36,41)/t27-/m1/s1. The Hall–Kier alpha value is -4.71. The first-order valence-corrected chi connectivity index (χ1v) is 13.6. The van der Waals surface area contributed by atoms with Crippen molar-refractivity contribution in [3.05, 3.63) is 95.5 Å². The van der Waals surface area contributed by atoms with Crippen LogP contribution in [0.5, 0.6) is 5.75 Å². The number of carbonyl (C=O) groups excluding carboxylic acids is 2. The van der Waals surface area contributed by atoms with Gasteiger partial charge in [0.1, 0.15) is 11.3 Å². The maximum atomic E-state index is 14.3. The van der Waals surface area contributed by atoms with Crippen molar-refractivity contribution in [1.82, 2.24) is 29.7 Å². The highest BCUT2D eigenvalue weighted by Crippen LogP contribution is 2.37. The molecular weight excluding hydrogens is 561 g/mol. The molecule has 224 valence electrons. The minimum Gasteiger partial charge on any atom is -0.497 e. The van der Waals surface area contributed by atoms with E-state index in [0.29, 0.717) is 47.7 Å². The van der Waals surface area contributed by atoms with Gasteiger partial charge in [0.05, 0.1) is 25.0 Å². The van der Waals surface area contributed by atoms with Crippen molar-refractivity contribution in [3.8, 4) is 17.0 Å². The quantitative estimate of drug-likeness (QED) is 0.329. The lowest BCUT2D eigenvalue weighted by atomic mass is 10.0. The number of carbonyl (C=O) groups is 2. The summed E-state index contributed by atoms with van der Waals surface area (Å²) in [7, 11) is 1.50. The van der Waals surface area contributed by atoms with E-state index in [-0.39, 0.29) is 34.4 Å². The van der Waals surface area contributed by atoms with E-state index in [1.165, 1.54) is 21.0 Å². The summed E-state index contributed by atoms with van der Waals surface area (Å²) in [6, 6.07) is 15.8. The summed E-state index contributed by atoms with van der Waals surface area (Å²) in [6.45, 7) is 8.33. The Balaban J connectivity index is 1.45. The highest BCUT2D eigenvalue weighted by Gasteiger charge is 2.39. The number of fused-ring (bicyclic) bond motifs is 1. The Morgan fingerprint density at radius 1 is 1.02 bits per heavy atom. The molecule has 4 aromatic rings. The molecule has 5 rings (SSSR count). The molecule has 3 heterocycles. The molecule has 0 saturated carbocycles. The molecule has 1 aliphatic rings. The Labute approximate surface area is 246 Å². The van der Waals surface area contributed by atoms with Crippen LogP contribution in [0.3, 0.4) is 0 Å². The predicted octanol–water partition coefficient (Wildman–Crippen LogP) is 4.88. The van der Waals surface area contributed by atoms with E-state index in [1.807, 2.05) is 30.3 Å². The number of ether oxygens (including phenoxy) is 1. The molecule has 0 bridgehead atoms. The molecular formula is C31H31F3N6O3. The second-order valence-corrected chi connectivity index (χ2v) is 10.3. The summed E-state index contributed by atoms with van der Waals surface area (Å²) in [5, 5.41) is 6.75. The van der Waals surface area contributed by atoms with E-state index in [1.54, 1.807) is 29.2 Å². The number of rotatable bonds is 7. The molecule has 1 N–H and O–H groups in total. The zero-order valence-electron chi connectivity index (χ0n) is 24.0. The highest BCUT2D eigenvalue weighted by molar-refractivity contribution is 6.00. The van der Waals surface area contributed by atoms with E-state index in [4.69, 9.17) is 4.74 Å². The van der Waals surface area contributed by atoms with E-state index in [0.717, 1.165) is 11.8 Å². The van der Waals surface area contributed by atoms with Crippen LogP contribution >= 0.6 is 0 Å². The molecule has 0 spiro atoms. The SMILES string of the molecule is C=C(NC(C)=O)[C@H](c1ccccc1)N1CCN(C(=O)c2cnn3c(C(F)(F)F)c(C)c(-c4ccc(OC)cc4)nc23)CC1. The predicted molar refractivity (Wildman–Crippen MR) is 154 cm³/mol. The minimum absolute atomic E-state index is 0.0176. The van der Waals surface area contributed by atoms with Gasteiger partial charge in [-0.15, -0.1) is 0 Å². The Morgan fingerprint density at radius 3 is 2.26 bits per heavy atom. The molecule has 2 aromatic carbocycles. The number of amides is 2. The third-order valence-corrected chi connectivity index (χ3v) is 7.49. The van der Waals surface area contributed by atoms with Gasteiger partial charge in [0, 0.05) is 49.9 Å². The summed E-state index contributed by atoms with van der Waals surface area (Å²) in [6.07, 6.45) is -3.60. The number of halogens is 3. The Kier molecular flexibility index (Phi) is 8.23. The number of methoxy groups -OCH3 is 1. The van der Waals surface area contributed by atoms with Gasteiger partial charge in [0.2, 0.25) is 5.91 Å². The number of nitrogens with zero attached hydrogens (tertiary/aromatic N) is 5. The van der Waals surface area contributed by atoms with Crippen LogP contribution in [0.1, 0.15) is 40.1 Å². The lowest BCUT2D eigenvalue weighted by Gasteiger charge is -2.40. The fourth-order valence-corrected chi connectivity index (χ4v) is 5.50. The van der Waals surface area contributed by atoms with Crippen molar-refractivity contribution in [3.63, 3.8) is 0 Å². The minimum atomic E-state index is -4.74. The number of piperazine rings is 1. The number of benzene rings is 2. The first kappa shape index (κ1) is 29.8. The summed E-state index contributed by atoms with van der Waals surface area (Å²) in [5.41, 5.74) is 0.727. The van der Waals surface area contributed by atoms with Gasteiger partial charge >= 0.3 is 6.18 Å². The largest absolute Gasteiger partial charge is 0.497 e. The van der Waals surface area contributed by atoms with Gasteiger partial charge in [-0.2, -0.15) is 18.3 Å². The van der Waals surface area contributed by atoms with Crippen LogP contribution < -0.4 is 10.1 Å². The van der Waals surface area contributed by atoms with Crippen LogP contribution in [-0.2, 0) is 11.0 Å². The average molecular weight is 593 g/mol. The molecule has 2 amide bonds. The smallest absolute Gasteiger partial charge is 0.433 e. The van der Waals surface area contributed by atoms with Gasteiger partial charge in [-0.3, -0.25) is 14.5 Å². The van der Waals surface area contributed by atoms with Gasteiger partial charge in [0.25, 0.3) is 5.91 Å². The summed E-state index contributed by atoms with van der Waals surface area (Å²) in [4.78, 5) is 33.7. The van der Waals surface area contributed by atoms with Crippen molar-refractivity contribution >= 4 is 17.5 Å². The van der Waals surface area contributed by atoms with Crippen LogP contribution in [0.25, 0.3) is 16.9 Å². The van der Waals surface area contributed by atoms with E-state index < -0.39 is 17.8 Å². The van der Waals surface area contributed by atoms with Gasteiger partial charge < -0.3 is 15.0 Å². The summed E-state index contributed by atoms with van der Waals surface area (Å²) < 4.78 is 48.8. The fourth-order valence-electron chi connectivity index (χ4n) is 5.50. The third-order valence-electron chi connectivity index (χ3n) is 7.49. The molecule has 0 radical (unpaired) electrons. The van der Waals surface area contributed by atoms with Gasteiger partial charge in [-0.25, -0.2) is 9.50 Å². The number of hydrogen-bond donors (Lipinski definition) is 1. The molecule has 9 nitrogen and oxygen atoms in total. The maximum absolute atomic E-state index is 14.3. The second kappa shape index (κ2) is 11.9. The zero-order chi connectivity index (χ0) is 30.9. The van der Waals surface area contributed by atoms with Crippen molar-refractivity contribution < 1.29 is 27.5 Å². The molecule has 0 aliphatic carbocycles. The van der Waals surface area contributed by atoms with Gasteiger partial charge in [0.15, 0.2) is 11.3 Å². The van der Waals surface area contributed by atoms with Crippen LogP contribution in [0.15, 0.2) is 73.1 Å². The maximum Gasteiger partial charge on any atom is 0.433 e. The lowest BCUT2D eigenvalue weighted by molar-refractivity contribution is -0.143. The monoisotopic (exact) mass is 592 g/mol. The molecule has 1 atom stereocenters. The van der Waals surface area contributed by atoms with Crippen LogP contribution in [0, 0.1) is 6.92 Å². The average Bonchev–Trinajstić information content (AvgIpc) is 3.39. The van der Waals surface area contributed by atoms with Crippen molar-refractivity contribution in [2.75, 3.05) is 33.3 Å². The van der Waals surface area contributed by atoms with E-state index >= 15 is 0 Å². The Bertz CT molecular complexity index is 1660. The molecule has 43 heavy (non-hydrogen) atoms. The van der Waals surface area contributed by atoms with Gasteiger partial charge in [-0.05, 0) is 36.8 Å². The molecule has 1 fully saturated rings. The van der Waals surface area contributed by atoms with Crippen LogP contribution in [0.4, 0.5) is 13.2 Å². The molecule has 12 heteroatoms. The first-order chi connectivity index (χ1) is 20.5.